The lowest BCUT2D eigenvalue weighted by Gasteiger charge is -2.29. The van der Waals surface area contributed by atoms with E-state index in [1.165, 1.54) is 4.68 Å². The fourth-order valence-corrected chi connectivity index (χ4v) is 2.63. The van der Waals surface area contributed by atoms with Crippen LogP contribution in [0.1, 0.15) is 18.8 Å². The van der Waals surface area contributed by atoms with Crippen LogP contribution in [-0.4, -0.2) is 52.5 Å². The number of morpholine rings is 1. The van der Waals surface area contributed by atoms with E-state index < -0.39 is 0 Å². The first-order chi connectivity index (χ1) is 11.6. The van der Waals surface area contributed by atoms with Crippen molar-refractivity contribution < 1.29 is 9.53 Å². The van der Waals surface area contributed by atoms with Crippen LogP contribution < -0.4 is 15.5 Å². The number of aryl methyl sites for hydroxylation is 1. The van der Waals surface area contributed by atoms with E-state index in [-0.39, 0.29) is 12.1 Å². The Morgan fingerprint density at radius 2 is 2.12 bits per heavy atom. The van der Waals surface area contributed by atoms with Gasteiger partial charge < -0.3 is 20.3 Å². The van der Waals surface area contributed by atoms with Crippen LogP contribution in [0.5, 0.6) is 0 Å². The van der Waals surface area contributed by atoms with Gasteiger partial charge in [-0.15, -0.1) is 5.10 Å². The van der Waals surface area contributed by atoms with Gasteiger partial charge in [0.1, 0.15) is 0 Å². The summed E-state index contributed by atoms with van der Waals surface area (Å²) >= 11 is 0. The highest BCUT2D eigenvalue weighted by Crippen LogP contribution is 2.20. The Morgan fingerprint density at radius 3 is 2.83 bits per heavy atom. The number of tetrazole rings is 1. The number of hydrogen-bond acceptors (Lipinski definition) is 6. The van der Waals surface area contributed by atoms with Crippen molar-refractivity contribution in [2.24, 2.45) is 7.05 Å². The quantitative estimate of drug-likeness (QED) is 0.865. The molecule has 3 rings (SSSR count). The molecule has 1 saturated heterocycles. The molecule has 24 heavy (non-hydrogen) atoms. The molecular weight excluding hydrogens is 310 g/mol. The second-order valence-corrected chi connectivity index (χ2v) is 5.63. The molecule has 128 valence electrons. The van der Waals surface area contributed by atoms with Crippen LogP contribution >= 0.6 is 0 Å². The fourth-order valence-electron chi connectivity index (χ4n) is 2.63. The SMILES string of the molecule is C[C@@H](NC(=O)Nc1cccc(N2CCOCC2)c1)c1nnnn1C. The predicted molar refractivity (Wildman–Crippen MR) is 88.8 cm³/mol. The molecule has 0 unspecified atom stereocenters. The lowest BCUT2D eigenvalue weighted by atomic mass is 10.2. The highest BCUT2D eigenvalue weighted by molar-refractivity contribution is 5.90. The largest absolute Gasteiger partial charge is 0.378 e. The van der Waals surface area contributed by atoms with Gasteiger partial charge in [0.15, 0.2) is 5.82 Å². The summed E-state index contributed by atoms with van der Waals surface area (Å²) < 4.78 is 6.90. The van der Waals surface area contributed by atoms with Crippen molar-refractivity contribution in [3.8, 4) is 0 Å². The van der Waals surface area contributed by atoms with Gasteiger partial charge in [-0.3, -0.25) is 0 Å². The number of urea groups is 1. The van der Waals surface area contributed by atoms with Gasteiger partial charge in [0, 0.05) is 31.5 Å². The number of hydrogen-bond donors (Lipinski definition) is 2. The summed E-state index contributed by atoms with van der Waals surface area (Å²) in [5.74, 6) is 0.590. The summed E-state index contributed by atoms with van der Waals surface area (Å²) in [4.78, 5) is 14.4. The molecule has 1 aliphatic rings. The Morgan fingerprint density at radius 1 is 1.33 bits per heavy atom. The molecule has 2 N–H and O–H groups in total. The molecule has 1 aliphatic heterocycles. The van der Waals surface area contributed by atoms with Gasteiger partial charge >= 0.3 is 6.03 Å². The van der Waals surface area contributed by atoms with Crippen LogP contribution in [0.4, 0.5) is 16.2 Å². The molecule has 9 nitrogen and oxygen atoms in total. The Balaban J connectivity index is 1.61. The van der Waals surface area contributed by atoms with E-state index in [9.17, 15) is 4.79 Å². The number of benzene rings is 1. The third-order valence-corrected chi connectivity index (χ3v) is 3.87. The Bertz CT molecular complexity index is 697. The van der Waals surface area contributed by atoms with Crippen molar-refractivity contribution >= 4 is 17.4 Å². The summed E-state index contributed by atoms with van der Waals surface area (Å²) in [5.41, 5.74) is 1.81. The molecule has 0 spiro atoms. The number of carbonyl (C=O) groups excluding carboxylic acids is 1. The first-order valence-electron chi connectivity index (χ1n) is 7.86. The smallest absolute Gasteiger partial charge is 0.319 e. The Labute approximate surface area is 140 Å². The average Bonchev–Trinajstić information content (AvgIpc) is 3.02. The zero-order chi connectivity index (χ0) is 16.9. The van der Waals surface area contributed by atoms with Crippen LogP contribution in [0.15, 0.2) is 24.3 Å². The zero-order valence-corrected chi connectivity index (χ0v) is 13.8. The minimum Gasteiger partial charge on any atom is -0.378 e. The number of nitrogens with zero attached hydrogens (tertiary/aromatic N) is 5. The van der Waals surface area contributed by atoms with Gasteiger partial charge in [0.05, 0.1) is 19.3 Å². The molecule has 1 aromatic carbocycles. The Hall–Kier alpha value is -2.68. The van der Waals surface area contributed by atoms with Crippen molar-refractivity contribution in [3.63, 3.8) is 0 Å². The third kappa shape index (κ3) is 3.80. The van der Waals surface area contributed by atoms with Crippen LogP contribution in [0.3, 0.4) is 0 Å². The monoisotopic (exact) mass is 331 g/mol. The number of ether oxygens (including phenoxy) is 1. The lowest BCUT2D eigenvalue weighted by Crippen LogP contribution is -2.36. The maximum atomic E-state index is 12.2. The molecule has 0 bridgehead atoms. The fraction of sp³-hybridized carbons (Fsp3) is 0.467. The molecule has 9 heteroatoms. The normalized spacial score (nSPS) is 15.8. The highest BCUT2D eigenvalue weighted by Gasteiger charge is 2.16. The van der Waals surface area contributed by atoms with Crippen molar-refractivity contribution in [3.05, 3.63) is 30.1 Å². The van der Waals surface area contributed by atoms with Gasteiger partial charge in [-0.05, 0) is 35.5 Å². The second kappa shape index (κ2) is 7.26. The van der Waals surface area contributed by atoms with Gasteiger partial charge in [-0.2, -0.15) is 0 Å². The minimum atomic E-state index is -0.301. The summed E-state index contributed by atoms with van der Waals surface area (Å²) in [7, 11) is 1.73. The van der Waals surface area contributed by atoms with Gasteiger partial charge in [0.2, 0.25) is 0 Å². The van der Waals surface area contributed by atoms with Crippen LogP contribution in [0, 0.1) is 0 Å². The second-order valence-electron chi connectivity index (χ2n) is 5.63. The molecule has 1 fully saturated rings. The number of amides is 2. The number of aromatic nitrogens is 4. The van der Waals surface area contributed by atoms with Crippen LogP contribution in [0.25, 0.3) is 0 Å². The Kier molecular flexibility index (Phi) is 4.90. The number of nitrogens with one attached hydrogen (secondary N) is 2. The van der Waals surface area contributed by atoms with Crippen LogP contribution in [0.2, 0.25) is 0 Å². The first-order valence-corrected chi connectivity index (χ1v) is 7.86. The predicted octanol–water partition coefficient (Wildman–Crippen LogP) is 0.929. The topological polar surface area (TPSA) is 97.2 Å². The molecule has 2 heterocycles. The van der Waals surface area contributed by atoms with Gasteiger partial charge in [-0.25, -0.2) is 9.48 Å². The van der Waals surface area contributed by atoms with Crippen molar-refractivity contribution in [2.45, 2.75) is 13.0 Å². The maximum Gasteiger partial charge on any atom is 0.319 e. The molecule has 1 aromatic heterocycles. The van der Waals surface area contributed by atoms with E-state index in [2.05, 4.69) is 31.1 Å². The summed E-state index contributed by atoms with van der Waals surface area (Å²) in [6.07, 6.45) is 0. The first kappa shape index (κ1) is 16.2. The van der Waals surface area contributed by atoms with Crippen molar-refractivity contribution in [1.82, 2.24) is 25.5 Å². The summed E-state index contributed by atoms with van der Waals surface area (Å²) in [6.45, 7) is 4.98. The van der Waals surface area contributed by atoms with E-state index in [0.717, 1.165) is 37.7 Å². The number of rotatable bonds is 4. The number of carbonyl (C=O) groups is 1. The standard InChI is InChI=1S/C15H21N7O2/c1-11(14-18-19-20-21(14)2)16-15(23)17-12-4-3-5-13(10-12)22-6-8-24-9-7-22/h3-5,10-11H,6-9H2,1-2H3,(H2,16,17,23)/t11-/m1/s1. The minimum absolute atomic E-state index is 0.299. The molecule has 2 amide bonds. The summed E-state index contributed by atoms with van der Waals surface area (Å²) in [6, 6.07) is 7.17. The third-order valence-electron chi connectivity index (χ3n) is 3.87. The van der Waals surface area contributed by atoms with E-state index in [1.54, 1.807) is 7.05 Å². The van der Waals surface area contributed by atoms with E-state index in [0.29, 0.717) is 5.82 Å². The molecule has 0 aliphatic carbocycles. The highest BCUT2D eigenvalue weighted by atomic mass is 16.5. The van der Waals surface area contributed by atoms with Crippen LogP contribution in [-0.2, 0) is 11.8 Å². The molecule has 2 aromatic rings. The molecule has 0 radical (unpaired) electrons. The number of anilines is 2. The van der Waals surface area contributed by atoms with E-state index in [1.807, 2.05) is 31.2 Å². The van der Waals surface area contributed by atoms with Crippen molar-refractivity contribution in [2.75, 3.05) is 36.5 Å². The average molecular weight is 331 g/mol. The summed E-state index contributed by atoms with van der Waals surface area (Å²) in [5, 5.41) is 16.9. The van der Waals surface area contributed by atoms with Gasteiger partial charge in [0.25, 0.3) is 0 Å². The van der Waals surface area contributed by atoms with Gasteiger partial charge in [-0.1, -0.05) is 6.07 Å². The molecular formula is C15H21N7O2. The van der Waals surface area contributed by atoms with Crippen molar-refractivity contribution in [1.29, 1.82) is 0 Å². The van der Waals surface area contributed by atoms with E-state index >= 15 is 0 Å². The molecule has 1 atom stereocenters. The van der Waals surface area contributed by atoms with E-state index in [4.69, 9.17) is 4.74 Å². The lowest BCUT2D eigenvalue weighted by molar-refractivity contribution is 0.122. The zero-order valence-electron chi connectivity index (χ0n) is 13.8. The maximum absolute atomic E-state index is 12.2. The molecule has 0 saturated carbocycles.